The fourth-order valence-electron chi connectivity index (χ4n) is 4.10. The molecule has 0 saturated heterocycles. The molecule has 0 radical (unpaired) electrons. The zero-order valence-corrected chi connectivity index (χ0v) is 26.9. The smallest absolute Gasteiger partial charge is 0.272 e. The number of amides is 3. The Morgan fingerprint density at radius 3 is 2.33 bits per heavy atom. The summed E-state index contributed by atoms with van der Waals surface area (Å²) < 4.78 is 0. The highest BCUT2D eigenvalue weighted by Gasteiger charge is 2.19. The van der Waals surface area contributed by atoms with Crippen LogP contribution in [0, 0.1) is 0 Å². The molecule has 0 bridgehead atoms. The van der Waals surface area contributed by atoms with Gasteiger partial charge >= 0.3 is 0 Å². The third kappa shape index (κ3) is 8.83. The molecule has 5 aromatic rings. The Morgan fingerprint density at radius 1 is 0.867 bits per heavy atom. The molecule has 11 heteroatoms. The Bertz CT molecular complexity index is 1860. The minimum atomic E-state index is -0.559. The quantitative estimate of drug-likeness (QED) is 0.102. The van der Waals surface area contributed by atoms with Crippen molar-refractivity contribution < 1.29 is 14.4 Å². The third-order valence-electron chi connectivity index (χ3n) is 6.37. The SMILES string of the molecule is CC(Sc1cccc(NC(=O)/C(=C\c2ccc(Cl)cc2Cl)NC(=O)c2ccccc2)c1)C(=O)Nc1nc(-c2ccccc2)cs1. The summed E-state index contributed by atoms with van der Waals surface area (Å²) in [5, 5.41) is 11.2. The number of halogens is 2. The summed E-state index contributed by atoms with van der Waals surface area (Å²) in [6, 6.07) is 30.3. The van der Waals surface area contributed by atoms with Gasteiger partial charge in [0.05, 0.1) is 10.9 Å². The fourth-order valence-corrected chi connectivity index (χ4v) is 6.21. The van der Waals surface area contributed by atoms with Gasteiger partial charge in [-0.1, -0.05) is 83.9 Å². The number of aromatic nitrogens is 1. The second kappa shape index (κ2) is 15.0. The summed E-state index contributed by atoms with van der Waals surface area (Å²) in [5.74, 6) is -1.21. The number of nitrogens with one attached hydrogen (secondary N) is 3. The fraction of sp³-hybridized carbons (Fsp3) is 0.0588. The Hall–Kier alpha value is -4.41. The van der Waals surface area contributed by atoms with E-state index in [1.54, 1.807) is 73.7 Å². The highest BCUT2D eigenvalue weighted by Crippen LogP contribution is 2.29. The summed E-state index contributed by atoms with van der Waals surface area (Å²) in [4.78, 5) is 44.7. The summed E-state index contributed by atoms with van der Waals surface area (Å²) in [5.41, 5.74) is 3.12. The van der Waals surface area contributed by atoms with E-state index in [1.165, 1.54) is 29.2 Å². The summed E-state index contributed by atoms with van der Waals surface area (Å²) >= 11 is 15.1. The first kappa shape index (κ1) is 32.0. The molecule has 7 nitrogen and oxygen atoms in total. The lowest BCUT2D eigenvalue weighted by Crippen LogP contribution is -2.30. The number of thioether (sulfide) groups is 1. The van der Waals surface area contributed by atoms with Gasteiger partial charge in [0.25, 0.3) is 11.8 Å². The lowest BCUT2D eigenvalue weighted by molar-refractivity contribution is -0.115. The Morgan fingerprint density at radius 2 is 1.60 bits per heavy atom. The Labute approximate surface area is 278 Å². The van der Waals surface area contributed by atoms with Gasteiger partial charge in [-0.3, -0.25) is 14.4 Å². The van der Waals surface area contributed by atoms with Crippen LogP contribution in [0.15, 0.2) is 119 Å². The predicted octanol–water partition coefficient (Wildman–Crippen LogP) is 8.65. The molecule has 45 heavy (non-hydrogen) atoms. The van der Waals surface area contributed by atoms with Crippen LogP contribution in [-0.2, 0) is 9.59 Å². The van der Waals surface area contributed by atoms with E-state index >= 15 is 0 Å². The highest BCUT2D eigenvalue weighted by molar-refractivity contribution is 8.00. The van der Waals surface area contributed by atoms with Crippen molar-refractivity contribution in [3.63, 3.8) is 0 Å². The lowest BCUT2D eigenvalue weighted by atomic mass is 10.1. The first-order chi connectivity index (χ1) is 21.7. The molecule has 5 rings (SSSR count). The third-order valence-corrected chi connectivity index (χ3v) is 8.78. The molecule has 1 aromatic heterocycles. The molecule has 0 saturated carbocycles. The maximum absolute atomic E-state index is 13.5. The lowest BCUT2D eigenvalue weighted by Gasteiger charge is -2.14. The zero-order chi connectivity index (χ0) is 31.8. The number of benzene rings is 4. The molecule has 0 aliphatic rings. The van der Waals surface area contributed by atoms with Crippen LogP contribution in [0.25, 0.3) is 17.3 Å². The van der Waals surface area contributed by atoms with Gasteiger partial charge in [0.1, 0.15) is 5.70 Å². The van der Waals surface area contributed by atoms with Crippen molar-refractivity contribution in [3.05, 3.63) is 135 Å². The van der Waals surface area contributed by atoms with Gasteiger partial charge in [-0.2, -0.15) is 0 Å². The van der Waals surface area contributed by atoms with E-state index in [2.05, 4.69) is 20.9 Å². The van der Waals surface area contributed by atoms with Crippen LogP contribution >= 0.6 is 46.3 Å². The topological polar surface area (TPSA) is 100 Å². The van der Waals surface area contributed by atoms with Crippen molar-refractivity contribution in [2.45, 2.75) is 17.1 Å². The molecular weight excluding hydrogens is 647 g/mol. The van der Waals surface area contributed by atoms with E-state index in [0.717, 1.165) is 16.2 Å². The van der Waals surface area contributed by atoms with E-state index in [-0.39, 0.29) is 11.6 Å². The Balaban J connectivity index is 1.27. The van der Waals surface area contributed by atoms with Gasteiger partial charge in [0, 0.05) is 37.1 Å². The van der Waals surface area contributed by atoms with E-state index in [1.807, 2.05) is 41.8 Å². The average Bonchev–Trinajstić information content (AvgIpc) is 3.51. The monoisotopic (exact) mass is 672 g/mol. The predicted molar refractivity (Wildman–Crippen MR) is 185 cm³/mol. The van der Waals surface area contributed by atoms with Crippen LogP contribution in [-0.4, -0.2) is 28.0 Å². The minimum Gasteiger partial charge on any atom is -0.321 e. The molecule has 1 atom stereocenters. The van der Waals surface area contributed by atoms with Crippen molar-refractivity contribution >= 4 is 80.9 Å². The van der Waals surface area contributed by atoms with Gasteiger partial charge in [-0.15, -0.1) is 23.1 Å². The molecule has 3 N–H and O–H groups in total. The first-order valence-electron chi connectivity index (χ1n) is 13.7. The van der Waals surface area contributed by atoms with Crippen LogP contribution in [0.4, 0.5) is 10.8 Å². The van der Waals surface area contributed by atoms with E-state index in [9.17, 15) is 14.4 Å². The maximum Gasteiger partial charge on any atom is 0.272 e. The normalized spacial score (nSPS) is 11.8. The first-order valence-corrected chi connectivity index (χ1v) is 16.2. The van der Waals surface area contributed by atoms with E-state index < -0.39 is 17.1 Å². The standard InChI is InChI=1S/C34H26Cl2N4O3S2/c1-21(31(41)40-34-39-30(20-44-34)22-9-4-2-5-10-22)45-27-14-8-13-26(19-27)37-33(43)29(17-24-15-16-25(35)18-28(24)36)38-32(42)23-11-6-3-7-12-23/h2-21H,1H3,(H,37,43)(H,38,42)(H,39,40,41)/b29-17+. The minimum absolute atomic E-state index is 0.0165. The van der Waals surface area contributed by atoms with Gasteiger partial charge < -0.3 is 16.0 Å². The number of hydrogen-bond acceptors (Lipinski definition) is 6. The number of carbonyl (C=O) groups is 3. The van der Waals surface area contributed by atoms with Crippen molar-refractivity contribution in [3.8, 4) is 11.3 Å². The molecule has 1 unspecified atom stereocenters. The van der Waals surface area contributed by atoms with Crippen LogP contribution in [0.2, 0.25) is 10.0 Å². The van der Waals surface area contributed by atoms with Crippen molar-refractivity contribution in [1.29, 1.82) is 0 Å². The van der Waals surface area contributed by atoms with Crippen molar-refractivity contribution in [2.24, 2.45) is 0 Å². The molecule has 0 spiro atoms. The van der Waals surface area contributed by atoms with Gasteiger partial charge in [0.2, 0.25) is 5.91 Å². The maximum atomic E-state index is 13.5. The molecule has 0 aliphatic carbocycles. The van der Waals surface area contributed by atoms with Crippen LogP contribution in [0.1, 0.15) is 22.8 Å². The van der Waals surface area contributed by atoms with Crippen molar-refractivity contribution in [2.75, 3.05) is 10.6 Å². The molecule has 226 valence electrons. The Kier molecular flexibility index (Phi) is 10.7. The van der Waals surface area contributed by atoms with Crippen molar-refractivity contribution in [1.82, 2.24) is 10.3 Å². The number of nitrogens with zero attached hydrogens (tertiary/aromatic N) is 1. The number of hydrogen-bond donors (Lipinski definition) is 3. The highest BCUT2D eigenvalue weighted by atomic mass is 35.5. The number of rotatable bonds is 10. The summed E-state index contributed by atoms with van der Waals surface area (Å²) in [6.45, 7) is 1.80. The molecule has 3 amide bonds. The van der Waals surface area contributed by atoms with Crippen LogP contribution < -0.4 is 16.0 Å². The average molecular weight is 674 g/mol. The van der Waals surface area contributed by atoms with Gasteiger partial charge in [0.15, 0.2) is 5.13 Å². The molecule has 0 fully saturated rings. The zero-order valence-electron chi connectivity index (χ0n) is 23.8. The molecular formula is C34H26Cl2N4O3S2. The number of anilines is 2. The van der Waals surface area contributed by atoms with Crippen LogP contribution in [0.3, 0.4) is 0 Å². The summed E-state index contributed by atoms with van der Waals surface area (Å²) in [7, 11) is 0. The molecule has 4 aromatic carbocycles. The molecule has 0 aliphatic heterocycles. The largest absolute Gasteiger partial charge is 0.321 e. The van der Waals surface area contributed by atoms with Crippen LogP contribution in [0.5, 0.6) is 0 Å². The second-order valence-corrected chi connectivity index (χ2v) is 12.8. The van der Waals surface area contributed by atoms with E-state index in [4.69, 9.17) is 23.2 Å². The van der Waals surface area contributed by atoms with E-state index in [0.29, 0.717) is 32.0 Å². The number of thiazole rings is 1. The van der Waals surface area contributed by atoms with Gasteiger partial charge in [-0.05, 0) is 61.0 Å². The second-order valence-electron chi connectivity index (χ2n) is 9.68. The molecule has 1 heterocycles. The summed E-state index contributed by atoms with van der Waals surface area (Å²) in [6.07, 6.45) is 1.49. The van der Waals surface area contributed by atoms with Gasteiger partial charge in [-0.25, -0.2) is 4.98 Å². The number of carbonyl (C=O) groups excluding carboxylic acids is 3.